The van der Waals surface area contributed by atoms with E-state index in [1.165, 1.54) is 18.2 Å². The van der Waals surface area contributed by atoms with Gasteiger partial charge in [0.05, 0.1) is 4.90 Å². The van der Waals surface area contributed by atoms with Gasteiger partial charge in [-0.15, -0.1) is 0 Å². The lowest BCUT2D eigenvalue weighted by atomic mass is 10.0. The van der Waals surface area contributed by atoms with Gasteiger partial charge in [-0.1, -0.05) is 30.3 Å². The Labute approximate surface area is 110 Å². The van der Waals surface area contributed by atoms with Crippen LogP contribution in [0.3, 0.4) is 0 Å². The molecule has 0 amide bonds. The number of nitrogens with two attached hydrogens (primary N) is 2. The Morgan fingerprint density at radius 3 is 2.21 bits per heavy atom. The van der Waals surface area contributed by atoms with Crippen molar-refractivity contribution in [3.63, 3.8) is 0 Å². The molecule has 0 heterocycles. The highest BCUT2D eigenvalue weighted by Gasteiger charge is 2.20. The van der Waals surface area contributed by atoms with Crippen molar-refractivity contribution in [3.8, 4) is 0 Å². The average Bonchev–Trinajstić information content (AvgIpc) is 2.37. The second-order valence-corrected chi connectivity index (χ2v) is 5.53. The molecule has 0 spiro atoms. The van der Waals surface area contributed by atoms with E-state index in [4.69, 9.17) is 10.9 Å². The maximum atomic E-state index is 12.3. The molecule has 2 aromatic carbocycles. The molecule has 98 valence electrons. The van der Waals surface area contributed by atoms with Crippen molar-refractivity contribution in [1.82, 2.24) is 0 Å². The molecule has 0 radical (unpaired) electrons. The van der Waals surface area contributed by atoms with Crippen molar-refractivity contribution >= 4 is 21.5 Å². The number of benzene rings is 2. The van der Waals surface area contributed by atoms with E-state index in [9.17, 15) is 13.2 Å². The molecule has 6 heteroatoms. The minimum absolute atomic E-state index is 0.0197. The van der Waals surface area contributed by atoms with E-state index in [0.717, 1.165) is 0 Å². The molecular formula is C13H12N2O3S. The minimum Gasteiger partial charge on any atom is -0.399 e. The molecule has 0 aliphatic carbocycles. The molecule has 5 nitrogen and oxygen atoms in total. The number of hydrogen-bond acceptors (Lipinski definition) is 4. The predicted molar refractivity (Wildman–Crippen MR) is 72.1 cm³/mol. The summed E-state index contributed by atoms with van der Waals surface area (Å²) >= 11 is 0. The van der Waals surface area contributed by atoms with E-state index in [1.807, 2.05) is 0 Å². The summed E-state index contributed by atoms with van der Waals surface area (Å²) in [5, 5.41) is 5.10. The minimum atomic E-state index is -3.98. The molecule has 2 rings (SSSR count). The lowest BCUT2D eigenvalue weighted by Gasteiger charge is -2.08. The molecule has 0 aromatic heterocycles. The second kappa shape index (κ2) is 4.83. The molecule has 0 fully saturated rings. The number of nitrogen functional groups attached to an aromatic ring is 1. The van der Waals surface area contributed by atoms with Crippen molar-refractivity contribution in [2.24, 2.45) is 5.14 Å². The van der Waals surface area contributed by atoms with Gasteiger partial charge in [-0.2, -0.15) is 0 Å². The summed E-state index contributed by atoms with van der Waals surface area (Å²) in [5.74, 6) is -0.433. The fourth-order valence-corrected chi connectivity index (χ4v) is 2.43. The van der Waals surface area contributed by atoms with Gasteiger partial charge in [0.2, 0.25) is 10.0 Å². The summed E-state index contributed by atoms with van der Waals surface area (Å²) in [4.78, 5) is 12.1. The Hall–Kier alpha value is -2.18. The van der Waals surface area contributed by atoms with Gasteiger partial charge in [0.25, 0.3) is 0 Å². The molecular weight excluding hydrogens is 264 g/mol. The first-order valence-corrected chi connectivity index (χ1v) is 6.96. The zero-order valence-corrected chi connectivity index (χ0v) is 10.7. The largest absolute Gasteiger partial charge is 0.399 e. The smallest absolute Gasteiger partial charge is 0.238 e. The van der Waals surface area contributed by atoms with Crippen LogP contribution in [0.4, 0.5) is 5.69 Å². The number of primary sulfonamides is 1. The van der Waals surface area contributed by atoms with Crippen molar-refractivity contribution < 1.29 is 13.2 Å². The summed E-state index contributed by atoms with van der Waals surface area (Å²) < 4.78 is 23.0. The van der Waals surface area contributed by atoms with Gasteiger partial charge in [-0.3, -0.25) is 4.79 Å². The topological polar surface area (TPSA) is 103 Å². The number of carbonyl (C=O) groups excluding carboxylic acids is 1. The van der Waals surface area contributed by atoms with Crippen LogP contribution in [0.15, 0.2) is 53.4 Å². The molecule has 0 atom stereocenters. The Morgan fingerprint density at radius 1 is 1.00 bits per heavy atom. The summed E-state index contributed by atoms with van der Waals surface area (Å²) in [6.45, 7) is 0. The lowest BCUT2D eigenvalue weighted by molar-refractivity contribution is 0.103. The third-order valence-corrected chi connectivity index (χ3v) is 3.56. The molecule has 19 heavy (non-hydrogen) atoms. The number of rotatable bonds is 3. The average molecular weight is 276 g/mol. The van der Waals surface area contributed by atoms with Crippen LogP contribution in [-0.4, -0.2) is 14.2 Å². The van der Waals surface area contributed by atoms with E-state index in [0.29, 0.717) is 11.3 Å². The van der Waals surface area contributed by atoms with Gasteiger partial charge in [0, 0.05) is 16.8 Å². The van der Waals surface area contributed by atoms with Gasteiger partial charge >= 0.3 is 0 Å². The lowest BCUT2D eigenvalue weighted by Crippen LogP contribution is -2.17. The first-order valence-electron chi connectivity index (χ1n) is 5.41. The van der Waals surface area contributed by atoms with Crippen LogP contribution < -0.4 is 10.9 Å². The fraction of sp³-hybridized carbons (Fsp3) is 0. The Kier molecular flexibility index (Phi) is 3.37. The summed E-state index contributed by atoms with van der Waals surface area (Å²) in [7, 11) is -3.98. The maximum absolute atomic E-state index is 12.3. The van der Waals surface area contributed by atoms with Crippen LogP contribution in [0.5, 0.6) is 0 Å². The summed E-state index contributed by atoms with van der Waals surface area (Å²) in [5.41, 5.74) is 6.25. The molecule has 0 aliphatic rings. The number of anilines is 1. The third kappa shape index (κ3) is 2.81. The highest BCUT2D eigenvalue weighted by Crippen LogP contribution is 2.21. The van der Waals surface area contributed by atoms with Gasteiger partial charge in [0.1, 0.15) is 0 Å². The van der Waals surface area contributed by atoms with E-state index in [2.05, 4.69) is 0 Å². The van der Waals surface area contributed by atoms with Gasteiger partial charge in [0.15, 0.2) is 5.78 Å². The van der Waals surface area contributed by atoms with Crippen LogP contribution in [0.25, 0.3) is 0 Å². The van der Waals surface area contributed by atoms with Crippen molar-refractivity contribution in [1.29, 1.82) is 0 Å². The normalized spacial score (nSPS) is 11.2. The summed E-state index contributed by atoms with van der Waals surface area (Å²) in [6, 6.07) is 12.3. The standard InChI is InChI=1S/C13H12N2O3S/c14-10-6-7-12(19(15,17)18)11(8-10)13(16)9-4-2-1-3-5-9/h1-8H,14H2,(H2,15,17,18). The summed E-state index contributed by atoms with van der Waals surface area (Å²) in [6.07, 6.45) is 0. The first kappa shape index (κ1) is 13.3. The van der Waals surface area contributed by atoms with Crippen LogP contribution in [0, 0.1) is 0 Å². The number of carbonyl (C=O) groups is 1. The van der Waals surface area contributed by atoms with Gasteiger partial charge < -0.3 is 5.73 Å². The zero-order valence-electron chi connectivity index (χ0n) is 9.91. The highest BCUT2D eigenvalue weighted by atomic mass is 32.2. The molecule has 0 bridgehead atoms. The molecule has 0 saturated carbocycles. The molecule has 0 aliphatic heterocycles. The third-order valence-electron chi connectivity index (χ3n) is 2.59. The monoisotopic (exact) mass is 276 g/mol. The SMILES string of the molecule is Nc1ccc(S(N)(=O)=O)c(C(=O)c2ccccc2)c1. The van der Waals surface area contributed by atoms with Gasteiger partial charge in [-0.25, -0.2) is 13.6 Å². The zero-order chi connectivity index (χ0) is 14.0. The molecule has 4 N–H and O–H groups in total. The van der Waals surface area contributed by atoms with E-state index in [1.54, 1.807) is 30.3 Å². The number of ketones is 1. The van der Waals surface area contributed by atoms with E-state index >= 15 is 0 Å². The van der Waals surface area contributed by atoms with Crippen molar-refractivity contribution in [3.05, 3.63) is 59.7 Å². The molecule has 0 unspecified atom stereocenters. The van der Waals surface area contributed by atoms with Crippen LogP contribution >= 0.6 is 0 Å². The molecule has 0 saturated heterocycles. The highest BCUT2D eigenvalue weighted by molar-refractivity contribution is 7.89. The maximum Gasteiger partial charge on any atom is 0.238 e. The molecule has 2 aromatic rings. The van der Waals surface area contributed by atoms with Crippen molar-refractivity contribution in [2.75, 3.05) is 5.73 Å². The predicted octanol–water partition coefficient (Wildman–Crippen LogP) is 1.15. The second-order valence-electron chi connectivity index (χ2n) is 4.00. The van der Waals surface area contributed by atoms with Crippen LogP contribution in [0.2, 0.25) is 0 Å². The van der Waals surface area contributed by atoms with Gasteiger partial charge in [-0.05, 0) is 18.2 Å². The number of hydrogen-bond donors (Lipinski definition) is 2. The van der Waals surface area contributed by atoms with Crippen molar-refractivity contribution in [2.45, 2.75) is 4.90 Å². The van der Waals surface area contributed by atoms with E-state index in [-0.39, 0.29) is 10.5 Å². The van der Waals surface area contributed by atoms with Crippen LogP contribution in [-0.2, 0) is 10.0 Å². The van der Waals surface area contributed by atoms with E-state index < -0.39 is 15.8 Å². The Balaban J connectivity index is 2.62. The first-order chi connectivity index (χ1) is 8.89. The quantitative estimate of drug-likeness (QED) is 0.648. The number of sulfonamides is 1. The van der Waals surface area contributed by atoms with Crippen LogP contribution in [0.1, 0.15) is 15.9 Å². The fourth-order valence-electron chi connectivity index (χ4n) is 1.72. The Bertz CT molecular complexity index is 725. The Morgan fingerprint density at radius 2 is 1.63 bits per heavy atom.